The smallest absolute Gasteiger partial charge is 0.209 e. The fourth-order valence-corrected chi connectivity index (χ4v) is 2.81. The molecule has 1 aromatic heterocycles. The molecular weight excluding hydrogens is 278 g/mol. The number of benzene rings is 2. The minimum absolute atomic E-state index is 0.786. The van der Waals surface area contributed by atoms with Gasteiger partial charge < -0.3 is 0 Å². The van der Waals surface area contributed by atoms with Gasteiger partial charge in [0.2, 0.25) is 5.16 Å². The molecule has 0 aliphatic heterocycles. The molecule has 0 aliphatic rings. The second kappa shape index (κ2) is 6.59. The van der Waals surface area contributed by atoms with Gasteiger partial charge in [-0.05, 0) is 17.5 Å². The second-order valence-corrected chi connectivity index (χ2v) is 5.73. The lowest BCUT2D eigenvalue weighted by atomic mass is 10.1. The van der Waals surface area contributed by atoms with Crippen LogP contribution in [0.2, 0.25) is 0 Å². The first kappa shape index (κ1) is 13.9. The Morgan fingerprint density at radius 2 is 1.71 bits per heavy atom. The highest BCUT2D eigenvalue weighted by atomic mass is 32.2. The van der Waals surface area contributed by atoms with Crippen molar-refractivity contribution in [2.45, 2.75) is 24.3 Å². The summed E-state index contributed by atoms with van der Waals surface area (Å²) in [5, 5.41) is 8.08. The van der Waals surface area contributed by atoms with Gasteiger partial charge in [0, 0.05) is 11.3 Å². The number of rotatable bonds is 5. The Labute approximate surface area is 128 Å². The summed E-state index contributed by atoms with van der Waals surface area (Å²) >= 11 is 1.64. The highest BCUT2D eigenvalue weighted by Gasteiger charge is 2.06. The molecule has 4 heteroatoms. The molecule has 0 saturated carbocycles. The minimum atomic E-state index is 0.786. The minimum Gasteiger partial charge on any atom is -0.258 e. The highest BCUT2D eigenvalue weighted by molar-refractivity contribution is 7.98. The Bertz CT molecular complexity index is 690. The van der Waals surface area contributed by atoms with Crippen LogP contribution >= 0.6 is 11.8 Å². The van der Waals surface area contributed by atoms with Crippen LogP contribution in [0, 0.1) is 0 Å². The van der Waals surface area contributed by atoms with Crippen molar-refractivity contribution in [1.29, 1.82) is 0 Å². The summed E-state index contributed by atoms with van der Waals surface area (Å²) in [7, 11) is 0. The van der Waals surface area contributed by atoms with E-state index in [1.54, 1.807) is 11.8 Å². The van der Waals surface area contributed by atoms with E-state index in [1.807, 2.05) is 6.07 Å². The van der Waals surface area contributed by atoms with E-state index in [-0.39, 0.29) is 0 Å². The van der Waals surface area contributed by atoms with Crippen LogP contribution in [0.4, 0.5) is 0 Å². The molecule has 3 rings (SSSR count). The van der Waals surface area contributed by atoms with Crippen LogP contribution < -0.4 is 0 Å². The molecule has 106 valence electrons. The van der Waals surface area contributed by atoms with Crippen molar-refractivity contribution in [3.05, 3.63) is 65.7 Å². The van der Waals surface area contributed by atoms with Gasteiger partial charge >= 0.3 is 0 Å². The Morgan fingerprint density at radius 3 is 2.43 bits per heavy atom. The van der Waals surface area contributed by atoms with Crippen molar-refractivity contribution in [3.8, 4) is 11.4 Å². The predicted molar refractivity (Wildman–Crippen MR) is 87.2 cm³/mol. The Balaban J connectivity index is 1.68. The summed E-state index contributed by atoms with van der Waals surface area (Å²) in [4.78, 5) is 4.55. The fraction of sp³-hybridized carbons (Fsp3) is 0.176. The highest BCUT2D eigenvalue weighted by Crippen LogP contribution is 2.22. The molecule has 0 bridgehead atoms. The van der Waals surface area contributed by atoms with Crippen molar-refractivity contribution in [2.75, 3.05) is 0 Å². The largest absolute Gasteiger partial charge is 0.258 e. The lowest BCUT2D eigenvalue weighted by molar-refractivity contribution is 0.973. The third kappa shape index (κ3) is 3.52. The van der Waals surface area contributed by atoms with Crippen molar-refractivity contribution in [3.63, 3.8) is 0 Å². The van der Waals surface area contributed by atoms with E-state index in [2.05, 4.69) is 70.6 Å². The maximum Gasteiger partial charge on any atom is 0.209 e. The number of aromatic nitrogens is 3. The van der Waals surface area contributed by atoms with Gasteiger partial charge in [0.05, 0.1) is 0 Å². The number of nitrogens with one attached hydrogen (secondary N) is 1. The van der Waals surface area contributed by atoms with Crippen LogP contribution in [0.3, 0.4) is 0 Å². The number of H-pyrrole nitrogens is 1. The lowest BCUT2D eigenvalue weighted by Gasteiger charge is -1.98. The van der Waals surface area contributed by atoms with Crippen LogP contribution in [0.15, 0.2) is 59.8 Å². The number of aryl methyl sites for hydroxylation is 1. The Hall–Kier alpha value is -2.07. The van der Waals surface area contributed by atoms with Gasteiger partial charge in [-0.15, -0.1) is 5.10 Å². The van der Waals surface area contributed by atoms with E-state index >= 15 is 0 Å². The molecule has 21 heavy (non-hydrogen) atoms. The van der Waals surface area contributed by atoms with E-state index in [0.717, 1.165) is 28.7 Å². The number of thioether (sulfide) groups is 1. The third-order valence-corrected chi connectivity index (χ3v) is 4.23. The number of nitrogens with zero attached hydrogens (tertiary/aromatic N) is 2. The standard InChI is InChI=1S/C17H17N3S/c1-2-13-8-10-15(11-9-13)16-18-17(20-19-16)21-12-14-6-4-3-5-7-14/h3-11H,2,12H2,1H3,(H,18,19,20). The first-order valence-electron chi connectivity index (χ1n) is 7.03. The molecule has 3 nitrogen and oxygen atoms in total. The molecule has 0 aliphatic carbocycles. The monoisotopic (exact) mass is 295 g/mol. The average Bonchev–Trinajstić information content (AvgIpc) is 3.03. The zero-order valence-electron chi connectivity index (χ0n) is 11.9. The number of hydrogen-bond acceptors (Lipinski definition) is 3. The zero-order chi connectivity index (χ0) is 14.5. The molecule has 1 N–H and O–H groups in total. The van der Waals surface area contributed by atoms with Gasteiger partial charge in [-0.3, -0.25) is 5.10 Å². The topological polar surface area (TPSA) is 41.6 Å². The van der Waals surface area contributed by atoms with Crippen LogP contribution in [0.1, 0.15) is 18.1 Å². The van der Waals surface area contributed by atoms with Gasteiger partial charge in [0.1, 0.15) is 0 Å². The molecule has 2 aromatic carbocycles. The van der Waals surface area contributed by atoms with Crippen molar-refractivity contribution >= 4 is 11.8 Å². The summed E-state index contributed by atoms with van der Waals surface area (Å²) < 4.78 is 0. The molecule has 0 saturated heterocycles. The molecule has 3 aromatic rings. The van der Waals surface area contributed by atoms with E-state index in [0.29, 0.717) is 0 Å². The lowest BCUT2D eigenvalue weighted by Crippen LogP contribution is -1.83. The maximum absolute atomic E-state index is 4.55. The van der Waals surface area contributed by atoms with E-state index in [9.17, 15) is 0 Å². The van der Waals surface area contributed by atoms with Crippen molar-refractivity contribution in [1.82, 2.24) is 15.2 Å². The van der Waals surface area contributed by atoms with Crippen LogP contribution in [-0.4, -0.2) is 15.2 Å². The molecule has 0 fully saturated rings. The van der Waals surface area contributed by atoms with Gasteiger partial charge in [0.15, 0.2) is 5.82 Å². The van der Waals surface area contributed by atoms with Crippen LogP contribution in [0.25, 0.3) is 11.4 Å². The molecule has 0 spiro atoms. The molecule has 0 amide bonds. The van der Waals surface area contributed by atoms with Gasteiger partial charge in [-0.2, -0.15) is 0 Å². The molecular formula is C17H17N3S. The average molecular weight is 295 g/mol. The summed E-state index contributed by atoms with van der Waals surface area (Å²) in [6.45, 7) is 2.15. The van der Waals surface area contributed by atoms with Gasteiger partial charge in [0.25, 0.3) is 0 Å². The predicted octanol–water partition coefficient (Wildman–Crippen LogP) is 4.33. The summed E-state index contributed by atoms with van der Waals surface area (Å²) in [6, 6.07) is 18.8. The number of hydrogen-bond donors (Lipinski definition) is 1. The van der Waals surface area contributed by atoms with Crippen molar-refractivity contribution < 1.29 is 0 Å². The summed E-state index contributed by atoms with van der Waals surface area (Å²) in [5.74, 6) is 1.71. The summed E-state index contributed by atoms with van der Waals surface area (Å²) in [5.41, 5.74) is 3.68. The maximum atomic E-state index is 4.55. The SMILES string of the molecule is CCc1ccc(-c2nc(SCc3ccccc3)n[nH]2)cc1. The van der Waals surface area contributed by atoms with Crippen LogP contribution in [-0.2, 0) is 12.2 Å². The van der Waals surface area contributed by atoms with Crippen LogP contribution in [0.5, 0.6) is 0 Å². The Morgan fingerprint density at radius 1 is 0.952 bits per heavy atom. The van der Waals surface area contributed by atoms with Gasteiger partial charge in [-0.25, -0.2) is 4.98 Å². The van der Waals surface area contributed by atoms with Gasteiger partial charge in [-0.1, -0.05) is 73.3 Å². The zero-order valence-corrected chi connectivity index (χ0v) is 12.7. The van der Waals surface area contributed by atoms with Crippen molar-refractivity contribution in [2.24, 2.45) is 0 Å². The Kier molecular flexibility index (Phi) is 4.36. The van der Waals surface area contributed by atoms with E-state index in [4.69, 9.17) is 0 Å². The molecule has 0 atom stereocenters. The number of aromatic amines is 1. The summed E-state index contributed by atoms with van der Waals surface area (Å²) in [6.07, 6.45) is 1.05. The quantitative estimate of drug-likeness (QED) is 0.712. The first-order chi connectivity index (χ1) is 10.3. The van der Waals surface area contributed by atoms with E-state index in [1.165, 1.54) is 11.1 Å². The molecule has 0 radical (unpaired) electrons. The third-order valence-electron chi connectivity index (χ3n) is 3.31. The first-order valence-corrected chi connectivity index (χ1v) is 8.02. The fourth-order valence-electron chi connectivity index (χ4n) is 2.06. The molecule has 1 heterocycles. The normalized spacial score (nSPS) is 10.7. The van der Waals surface area contributed by atoms with E-state index < -0.39 is 0 Å². The second-order valence-electron chi connectivity index (χ2n) is 4.79. The molecule has 0 unspecified atom stereocenters.